The first-order valence-corrected chi connectivity index (χ1v) is 14.2. The van der Waals surface area contributed by atoms with Crippen molar-refractivity contribution >= 4 is 46.4 Å². The van der Waals surface area contributed by atoms with Crippen LogP contribution in [-0.4, -0.2) is 44.6 Å². The summed E-state index contributed by atoms with van der Waals surface area (Å²) in [5, 5.41) is 25.7. The summed E-state index contributed by atoms with van der Waals surface area (Å²) < 4.78 is 15.4. The van der Waals surface area contributed by atoms with E-state index in [1.165, 1.54) is 55.5 Å². The second kappa shape index (κ2) is 14.8. The zero-order valence-corrected chi connectivity index (χ0v) is 24.4. The van der Waals surface area contributed by atoms with Crippen LogP contribution < -0.4 is 10.6 Å². The lowest BCUT2D eigenvalue weighted by Gasteiger charge is -2.38. The van der Waals surface area contributed by atoms with Gasteiger partial charge in [-0.1, -0.05) is 36.0 Å². The topological polar surface area (TPSA) is 206 Å². The third-order valence-electron chi connectivity index (χ3n) is 6.58. The molecule has 1 fully saturated rings. The first-order valence-electron chi connectivity index (χ1n) is 13.3. The van der Waals surface area contributed by atoms with Gasteiger partial charge in [-0.15, -0.1) is 0 Å². The second-order valence-electron chi connectivity index (χ2n) is 9.70. The summed E-state index contributed by atoms with van der Waals surface area (Å²) in [6.07, 6.45) is -2.63. The molecule has 3 aromatic carbocycles. The van der Waals surface area contributed by atoms with E-state index in [1.807, 2.05) is 0 Å². The van der Waals surface area contributed by atoms with E-state index in [0.717, 1.165) is 11.8 Å². The standard InChI is InChI=1S/C29H26N4O11S/c1-17(44-29(37)43-16-20-6-12-23(13-7-20)33(40)41)24-25(34)31-26(24)45-27(35)21-8-2-18(3-9-21)14-30-28(36)42-15-19-4-10-22(11-5-19)32(38)39/h2-13,17,24,26H,14-16H2,1H3,(H,30,36)(H,31,34). The van der Waals surface area contributed by atoms with Gasteiger partial charge in [0.1, 0.15) is 25.2 Å². The number of nitrogens with one attached hydrogen (secondary N) is 2. The molecular weight excluding hydrogens is 612 g/mol. The van der Waals surface area contributed by atoms with Gasteiger partial charge in [0.2, 0.25) is 11.0 Å². The summed E-state index contributed by atoms with van der Waals surface area (Å²) >= 11 is 0.867. The van der Waals surface area contributed by atoms with Crippen LogP contribution in [0.5, 0.6) is 0 Å². The lowest BCUT2D eigenvalue weighted by Crippen LogP contribution is -2.61. The fourth-order valence-electron chi connectivity index (χ4n) is 4.07. The first-order chi connectivity index (χ1) is 21.5. The van der Waals surface area contributed by atoms with E-state index < -0.39 is 45.4 Å². The van der Waals surface area contributed by atoms with Gasteiger partial charge in [0.15, 0.2) is 0 Å². The monoisotopic (exact) mass is 638 g/mol. The van der Waals surface area contributed by atoms with Crippen molar-refractivity contribution in [3.8, 4) is 0 Å². The number of nitro benzene ring substituents is 2. The Kier molecular flexibility index (Phi) is 10.6. The van der Waals surface area contributed by atoms with E-state index in [0.29, 0.717) is 22.3 Å². The third kappa shape index (κ3) is 8.99. The molecular formula is C29H26N4O11S. The lowest BCUT2D eigenvalue weighted by atomic mass is 9.96. The number of alkyl carbamates (subject to hydrolysis) is 1. The van der Waals surface area contributed by atoms with E-state index in [4.69, 9.17) is 14.2 Å². The number of nitrogens with zero attached hydrogens (tertiary/aromatic N) is 2. The molecule has 3 unspecified atom stereocenters. The molecule has 3 atom stereocenters. The number of thioether (sulfide) groups is 1. The van der Waals surface area contributed by atoms with Crippen LogP contribution >= 0.6 is 11.8 Å². The summed E-state index contributed by atoms with van der Waals surface area (Å²) in [6, 6.07) is 17.5. The Morgan fingerprint density at radius 3 is 1.87 bits per heavy atom. The summed E-state index contributed by atoms with van der Waals surface area (Å²) in [4.78, 5) is 69.6. The number of nitro groups is 2. The minimum atomic E-state index is -1.03. The Bertz CT molecular complexity index is 1580. The Morgan fingerprint density at radius 1 is 0.844 bits per heavy atom. The van der Waals surface area contributed by atoms with Crippen LogP contribution in [-0.2, 0) is 38.8 Å². The van der Waals surface area contributed by atoms with E-state index in [-0.39, 0.29) is 36.2 Å². The molecule has 45 heavy (non-hydrogen) atoms. The fourth-order valence-corrected chi connectivity index (χ4v) is 5.24. The van der Waals surface area contributed by atoms with Crippen molar-refractivity contribution < 1.29 is 43.2 Å². The average Bonchev–Trinajstić information content (AvgIpc) is 3.01. The summed E-state index contributed by atoms with van der Waals surface area (Å²) in [6.45, 7) is 1.37. The highest BCUT2D eigenvalue weighted by molar-refractivity contribution is 8.14. The maximum atomic E-state index is 12.8. The van der Waals surface area contributed by atoms with Crippen molar-refractivity contribution in [2.75, 3.05) is 0 Å². The minimum absolute atomic E-state index is 0.0681. The van der Waals surface area contributed by atoms with Gasteiger partial charge in [0, 0.05) is 36.4 Å². The van der Waals surface area contributed by atoms with E-state index in [2.05, 4.69) is 10.6 Å². The molecule has 4 rings (SSSR count). The van der Waals surface area contributed by atoms with Gasteiger partial charge in [0.25, 0.3) is 11.4 Å². The quantitative estimate of drug-likeness (QED) is 0.121. The Balaban J connectivity index is 1.19. The van der Waals surface area contributed by atoms with Crippen LogP contribution in [0.1, 0.15) is 34.0 Å². The molecule has 3 aromatic rings. The molecule has 0 spiro atoms. The zero-order valence-electron chi connectivity index (χ0n) is 23.6. The molecule has 234 valence electrons. The number of hydrogen-bond acceptors (Lipinski definition) is 12. The molecule has 0 aromatic heterocycles. The number of carbonyl (C=O) groups excluding carboxylic acids is 4. The number of hydrogen-bond donors (Lipinski definition) is 2. The molecule has 1 aliphatic rings. The predicted molar refractivity (Wildman–Crippen MR) is 158 cm³/mol. The molecule has 0 bridgehead atoms. The SMILES string of the molecule is CC(OC(=O)OCc1ccc([N+](=O)[O-])cc1)C1C(=O)NC1SC(=O)c1ccc(CNC(=O)OCc2ccc([N+](=O)[O-])cc2)cc1. The smallest absolute Gasteiger partial charge is 0.445 e. The largest absolute Gasteiger partial charge is 0.508 e. The number of amides is 2. The van der Waals surface area contributed by atoms with Gasteiger partial charge >= 0.3 is 12.2 Å². The third-order valence-corrected chi connectivity index (χ3v) is 7.70. The van der Waals surface area contributed by atoms with Gasteiger partial charge in [-0.2, -0.15) is 0 Å². The van der Waals surface area contributed by atoms with Crippen LogP contribution in [0, 0.1) is 26.1 Å². The molecule has 0 saturated carbocycles. The first kappa shape index (κ1) is 32.4. The Labute approximate surface area is 259 Å². The second-order valence-corrected chi connectivity index (χ2v) is 10.8. The molecule has 0 aliphatic carbocycles. The van der Waals surface area contributed by atoms with Crippen LogP contribution in [0.15, 0.2) is 72.8 Å². The highest BCUT2D eigenvalue weighted by Gasteiger charge is 2.46. The summed E-state index contributed by atoms with van der Waals surface area (Å²) in [5.74, 6) is -1.19. The van der Waals surface area contributed by atoms with Gasteiger partial charge < -0.3 is 24.8 Å². The zero-order chi connectivity index (χ0) is 32.5. The van der Waals surface area contributed by atoms with Crippen molar-refractivity contribution in [3.63, 3.8) is 0 Å². The van der Waals surface area contributed by atoms with Gasteiger partial charge in [0.05, 0.1) is 15.2 Å². The highest BCUT2D eigenvalue weighted by atomic mass is 32.2. The number of β-lactam (4-membered cyclic amide) rings is 1. The van der Waals surface area contributed by atoms with Crippen molar-refractivity contribution in [3.05, 3.63) is 115 Å². The van der Waals surface area contributed by atoms with E-state index in [9.17, 15) is 39.4 Å². The Morgan fingerprint density at radius 2 is 1.36 bits per heavy atom. The van der Waals surface area contributed by atoms with Crippen molar-refractivity contribution in [1.29, 1.82) is 0 Å². The number of non-ortho nitro benzene ring substituents is 2. The van der Waals surface area contributed by atoms with Crippen LogP contribution in [0.2, 0.25) is 0 Å². The number of rotatable bonds is 12. The molecule has 2 amide bonds. The highest BCUT2D eigenvalue weighted by Crippen LogP contribution is 2.32. The van der Waals surface area contributed by atoms with E-state index in [1.54, 1.807) is 24.3 Å². The molecule has 1 aliphatic heterocycles. The van der Waals surface area contributed by atoms with Crippen LogP contribution in [0.3, 0.4) is 0 Å². The van der Waals surface area contributed by atoms with Gasteiger partial charge in [-0.05, 0) is 47.9 Å². The Hall–Kier alpha value is -5.51. The van der Waals surface area contributed by atoms with Gasteiger partial charge in [-0.25, -0.2) is 9.59 Å². The van der Waals surface area contributed by atoms with Crippen molar-refractivity contribution in [2.24, 2.45) is 5.92 Å². The molecule has 1 heterocycles. The maximum Gasteiger partial charge on any atom is 0.508 e. The molecule has 2 N–H and O–H groups in total. The number of benzene rings is 3. The normalized spacial score (nSPS) is 15.9. The number of carbonyl (C=O) groups is 4. The summed E-state index contributed by atoms with van der Waals surface area (Å²) in [7, 11) is 0. The van der Waals surface area contributed by atoms with Crippen molar-refractivity contribution in [1.82, 2.24) is 10.6 Å². The molecule has 16 heteroatoms. The minimum Gasteiger partial charge on any atom is -0.445 e. The van der Waals surface area contributed by atoms with Crippen LogP contribution in [0.25, 0.3) is 0 Å². The predicted octanol–water partition coefficient (Wildman–Crippen LogP) is 4.62. The molecule has 15 nitrogen and oxygen atoms in total. The molecule has 1 saturated heterocycles. The van der Waals surface area contributed by atoms with Crippen LogP contribution in [0.4, 0.5) is 21.0 Å². The van der Waals surface area contributed by atoms with Gasteiger partial charge in [-0.3, -0.25) is 29.8 Å². The van der Waals surface area contributed by atoms with E-state index >= 15 is 0 Å². The lowest BCUT2D eigenvalue weighted by molar-refractivity contribution is -0.385. The number of ether oxygens (including phenoxy) is 3. The maximum absolute atomic E-state index is 12.8. The fraction of sp³-hybridized carbons (Fsp3) is 0.241. The summed E-state index contributed by atoms with van der Waals surface area (Å²) in [5.41, 5.74) is 1.96. The average molecular weight is 639 g/mol. The molecule has 0 radical (unpaired) electrons. The van der Waals surface area contributed by atoms with Crippen molar-refractivity contribution in [2.45, 2.75) is 38.2 Å².